The Labute approximate surface area is 118 Å². The van der Waals surface area contributed by atoms with Crippen LogP contribution in [0, 0.1) is 11.3 Å². The third kappa shape index (κ3) is 3.61. The number of hydrogen-bond acceptors (Lipinski definition) is 4. The van der Waals surface area contributed by atoms with E-state index in [0.717, 1.165) is 17.5 Å². The van der Waals surface area contributed by atoms with Crippen molar-refractivity contribution in [1.82, 2.24) is 0 Å². The van der Waals surface area contributed by atoms with Crippen molar-refractivity contribution in [3.05, 3.63) is 65.2 Å². The average Bonchev–Trinajstić information content (AvgIpc) is 2.48. The van der Waals surface area contributed by atoms with Crippen LogP contribution in [-0.4, -0.2) is 12.1 Å². The Balaban J connectivity index is 2.08. The van der Waals surface area contributed by atoms with E-state index in [-0.39, 0.29) is 0 Å². The van der Waals surface area contributed by atoms with E-state index in [1.54, 1.807) is 12.1 Å². The largest absolute Gasteiger partial charge is 0.502 e. The number of hydrogen-bond donors (Lipinski definition) is 2. The highest BCUT2D eigenvalue weighted by molar-refractivity contribution is 7.76. The van der Waals surface area contributed by atoms with Crippen molar-refractivity contribution in [2.45, 2.75) is 6.42 Å². The van der Waals surface area contributed by atoms with Gasteiger partial charge in [-0.25, -0.2) is 0 Å². The van der Waals surface area contributed by atoms with Crippen molar-refractivity contribution in [3.8, 4) is 6.07 Å². The van der Waals surface area contributed by atoms with Gasteiger partial charge < -0.3 is 9.12 Å². The van der Waals surface area contributed by atoms with Crippen molar-refractivity contribution < 1.29 is 9.12 Å². The fourth-order valence-electron chi connectivity index (χ4n) is 1.79. The summed E-state index contributed by atoms with van der Waals surface area (Å²) >= 11 is 3.58. The lowest BCUT2D eigenvalue weighted by atomic mass is 9.80. The van der Waals surface area contributed by atoms with E-state index in [9.17, 15) is 5.02 Å². The second-order valence-corrected chi connectivity index (χ2v) is 4.40. The summed E-state index contributed by atoms with van der Waals surface area (Å²) in [6, 6.07) is 17.1. The van der Waals surface area contributed by atoms with Gasteiger partial charge in [-0.3, -0.25) is 0 Å². The first-order chi connectivity index (χ1) is 9.22. The van der Waals surface area contributed by atoms with Gasteiger partial charge in [-0.05, 0) is 48.1 Å². The van der Waals surface area contributed by atoms with Crippen LogP contribution in [0.25, 0.3) is 0 Å². The average molecular weight is 269 g/mol. The molecule has 0 amide bonds. The zero-order valence-electron chi connectivity index (χ0n) is 10.2. The summed E-state index contributed by atoms with van der Waals surface area (Å²) in [4.78, 5) is 0. The summed E-state index contributed by atoms with van der Waals surface area (Å²) in [6.07, 6.45) is 0.782. The molecule has 0 aromatic heterocycles. The molecule has 1 N–H and O–H groups in total. The fraction of sp³-hybridized carbons (Fsp3) is 0.0714. The van der Waals surface area contributed by atoms with Crippen molar-refractivity contribution in [1.29, 1.82) is 5.26 Å². The Hall–Kier alpha value is -1.74. The minimum atomic E-state index is -1.01. The van der Waals surface area contributed by atoms with Crippen LogP contribution in [0.3, 0.4) is 0 Å². The van der Waals surface area contributed by atoms with E-state index >= 15 is 0 Å². The van der Waals surface area contributed by atoms with Gasteiger partial charge in [-0.15, -0.1) is 0 Å². The molecule has 94 valence electrons. The SMILES string of the molecule is N#Cc1ccc(Cc2ccc(B(O)OS)cc2)cc1. The van der Waals surface area contributed by atoms with E-state index in [4.69, 9.17) is 5.26 Å². The molecule has 0 saturated carbocycles. The van der Waals surface area contributed by atoms with Gasteiger partial charge in [-0.2, -0.15) is 5.26 Å². The lowest BCUT2D eigenvalue weighted by molar-refractivity contribution is 0.473. The van der Waals surface area contributed by atoms with Crippen molar-refractivity contribution in [2.24, 2.45) is 0 Å². The molecule has 2 aromatic rings. The minimum absolute atomic E-state index is 0.660. The molecule has 0 unspecified atom stereocenters. The Morgan fingerprint density at radius 1 is 1.05 bits per heavy atom. The number of nitrogens with zero attached hydrogens (tertiary/aromatic N) is 1. The van der Waals surface area contributed by atoms with Crippen LogP contribution < -0.4 is 5.46 Å². The van der Waals surface area contributed by atoms with E-state index in [2.05, 4.69) is 23.1 Å². The molecule has 2 aromatic carbocycles. The predicted molar refractivity (Wildman–Crippen MR) is 78.1 cm³/mol. The number of thiol groups is 1. The monoisotopic (exact) mass is 269 g/mol. The molecule has 0 heterocycles. The van der Waals surface area contributed by atoms with Gasteiger partial charge in [0.2, 0.25) is 0 Å². The molecule has 0 saturated heterocycles. The normalized spacial score (nSPS) is 9.95. The Morgan fingerprint density at radius 2 is 1.58 bits per heavy atom. The first-order valence-corrected chi connectivity index (χ1v) is 6.15. The number of nitriles is 1. The molecule has 0 atom stereocenters. The zero-order valence-corrected chi connectivity index (χ0v) is 11.0. The molecule has 0 aliphatic heterocycles. The third-order valence-corrected chi connectivity index (χ3v) is 3.06. The number of benzene rings is 2. The van der Waals surface area contributed by atoms with Crippen LogP contribution in [-0.2, 0) is 10.5 Å². The molecule has 0 bridgehead atoms. The molecule has 0 spiro atoms. The maximum absolute atomic E-state index is 9.44. The predicted octanol–water partition coefficient (Wildman–Crippen LogP) is 1.70. The highest BCUT2D eigenvalue weighted by atomic mass is 32.1. The van der Waals surface area contributed by atoms with E-state index in [1.165, 1.54) is 0 Å². The fourth-order valence-corrected chi connectivity index (χ4v) is 1.92. The van der Waals surface area contributed by atoms with Gasteiger partial charge in [0.25, 0.3) is 0 Å². The van der Waals surface area contributed by atoms with E-state index in [1.807, 2.05) is 36.4 Å². The van der Waals surface area contributed by atoms with Gasteiger partial charge in [0, 0.05) is 0 Å². The van der Waals surface area contributed by atoms with Crippen LogP contribution in [0.15, 0.2) is 48.5 Å². The van der Waals surface area contributed by atoms with Crippen LogP contribution in [0.2, 0.25) is 0 Å². The topological polar surface area (TPSA) is 53.2 Å². The Kier molecular flexibility index (Phi) is 4.64. The molecule has 0 aliphatic rings. The lowest BCUT2D eigenvalue weighted by Gasteiger charge is -2.05. The van der Waals surface area contributed by atoms with Crippen molar-refractivity contribution >= 4 is 25.5 Å². The summed E-state index contributed by atoms with van der Waals surface area (Å²) in [7, 11) is -1.01. The van der Waals surface area contributed by atoms with Gasteiger partial charge in [0.05, 0.1) is 11.6 Å². The first-order valence-electron chi connectivity index (χ1n) is 5.79. The third-order valence-electron chi connectivity index (χ3n) is 2.86. The molecule has 2 rings (SSSR count). The standard InChI is InChI=1S/C14H12BNO2S/c16-10-13-3-1-11(2-4-13)9-12-5-7-14(8-6-12)15(17)18-19/h1-8,17,19H,9H2. The quantitative estimate of drug-likeness (QED) is 0.504. The highest BCUT2D eigenvalue weighted by Crippen LogP contribution is 2.10. The Bertz CT molecular complexity index is 578. The van der Waals surface area contributed by atoms with E-state index in [0.29, 0.717) is 11.0 Å². The van der Waals surface area contributed by atoms with Crippen LogP contribution in [0.5, 0.6) is 0 Å². The zero-order chi connectivity index (χ0) is 13.7. The summed E-state index contributed by atoms with van der Waals surface area (Å²) in [5, 5.41) is 18.2. The molecule has 5 heteroatoms. The van der Waals surface area contributed by atoms with Crippen molar-refractivity contribution in [2.75, 3.05) is 0 Å². The minimum Gasteiger partial charge on any atom is -0.423 e. The van der Waals surface area contributed by atoms with Crippen molar-refractivity contribution in [3.63, 3.8) is 0 Å². The smallest absolute Gasteiger partial charge is 0.423 e. The highest BCUT2D eigenvalue weighted by Gasteiger charge is 2.14. The van der Waals surface area contributed by atoms with Crippen LogP contribution in [0.1, 0.15) is 16.7 Å². The first kappa shape index (κ1) is 13.7. The number of rotatable bonds is 4. The summed E-state index contributed by atoms with van der Waals surface area (Å²) in [5.41, 5.74) is 3.59. The molecule has 0 radical (unpaired) electrons. The van der Waals surface area contributed by atoms with E-state index < -0.39 is 7.12 Å². The molecule has 19 heavy (non-hydrogen) atoms. The molecule has 3 nitrogen and oxygen atoms in total. The Morgan fingerprint density at radius 3 is 2.05 bits per heavy atom. The maximum atomic E-state index is 9.44. The molecular weight excluding hydrogens is 257 g/mol. The summed E-state index contributed by atoms with van der Waals surface area (Å²) in [6.45, 7) is 0. The second-order valence-electron chi connectivity index (χ2n) is 4.18. The lowest BCUT2D eigenvalue weighted by Crippen LogP contribution is -2.30. The summed E-state index contributed by atoms with van der Waals surface area (Å²) < 4.78 is 4.54. The molecule has 0 aliphatic carbocycles. The maximum Gasteiger partial charge on any atom is 0.502 e. The second kappa shape index (κ2) is 6.44. The molecule has 0 fully saturated rings. The van der Waals surface area contributed by atoms with Crippen LogP contribution >= 0.6 is 12.9 Å². The van der Waals surface area contributed by atoms with Gasteiger partial charge in [0.1, 0.15) is 0 Å². The van der Waals surface area contributed by atoms with Gasteiger partial charge in [-0.1, -0.05) is 36.4 Å². The summed E-state index contributed by atoms with van der Waals surface area (Å²) in [5.74, 6) is 0. The van der Waals surface area contributed by atoms with Gasteiger partial charge in [0.15, 0.2) is 0 Å². The van der Waals surface area contributed by atoms with Crippen LogP contribution in [0.4, 0.5) is 0 Å². The van der Waals surface area contributed by atoms with Gasteiger partial charge >= 0.3 is 7.12 Å². The molecular formula is C14H12BNO2S.